The molecule has 0 bridgehead atoms. The van der Waals surface area contributed by atoms with Crippen LogP contribution in [0.2, 0.25) is 5.02 Å². The lowest BCUT2D eigenvalue weighted by molar-refractivity contribution is -0.137. The molecule has 1 aromatic rings. The summed E-state index contributed by atoms with van der Waals surface area (Å²) in [5, 5.41) is -0.131. The van der Waals surface area contributed by atoms with Crippen molar-refractivity contribution in [3.8, 4) is 5.75 Å². The summed E-state index contributed by atoms with van der Waals surface area (Å²) >= 11 is 5.81. The maximum absolute atomic E-state index is 12.5. The highest BCUT2D eigenvalue weighted by Gasteiger charge is 2.36. The standard InChI is InChI=1S/C13H14ClF3N2O2/c1-18(2)12(20)19-6-5-11(19)21-10-4-3-8(7-9(10)14)13(15,16)17/h3-4,7,11H,5-6H2,1-2H3. The second-order valence-electron chi connectivity index (χ2n) is 4.87. The van der Waals surface area contributed by atoms with Crippen molar-refractivity contribution in [3.05, 3.63) is 28.8 Å². The molecular weight excluding hydrogens is 309 g/mol. The van der Waals surface area contributed by atoms with Gasteiger partial charge in [0.1, 0.15) is 5.75 Å². The summed E-state index contributed by atoms with van der Waals surface area (Å²) in [7, 11) is 3.23. The van der Waals surface area contributed by atoms with E-state index in [0.717, 1.165) is 12.1 Å². The molecule has 1 atom stereocenters. The summed E-state index contributed by atoms with van der Waals surface area (Å²) < 4.78 is 43.1. The molecule has 1 aliphatic rings. The van der Waals surface area contributed by atoms with Gasteiger partial charge < -0.3 is 9.64 Å². The van der Waals surface area contributed by atoms with E-state index in [2.05, 4.69) is 0 Å². The Kier molecular flexibility index (Phi) is 4.22. The van der Waals surface area contributed by atoms with Crippen LogP contribution in [0.5, 0.6) is 5.75 Å². The van der Waals surface area contributed by atoms with Crippen LogP contribution in [-0.2, 0) is 6.18 Å². The van der Waals surface area contributed by atoms with Crippen LogP contribution < -0.4 is 4.74 Å². The van der Waals surface area contributed by atoms with E-state index in [1.165, 1.54) is 15.9 Å². The number of rotatable bonds is 2. The smallest absolute Gasteiger partial charge is 0.416 e. The molecule has 0 saturated carbocycles. The van der Waals surface area contributed by atoms with Crippen LogP contribution in [0.3, 0.4) is 0 Å². The number of benzene rings is 1. The van der Waals surface area contributed by atoms with Gasteiger partial charge in [0.2, 0.25) is 0 Å². The Morgan fingerprint density at radius 1 is 1.43 bits per heavy atom. The van der Waals surface area contributed by atoms with Crippen molar-refractivity contribution >= 4 is 17.6 Å². The summed E-state index contributed by atoms with van der Waals surface area (Å²) in [5.74, 6) is 0.130. The van der Waals surface area contributed by atoms with E-state index < -0.39 is 18.0 Å². The lowest BCUT2D eigenvalue weighted by atomic mass is 10.2. The molecule has 8 heteroatoms. The second-order valence-corrected chi connectivity index (χ2v) is 5.28. The molecule has 1 unspecified atom stereocenters. The van der Waals surface area contributed by atoms with Crippen LogP contribution in [0.15, 0.2) is 18.2 Å². The van der Waals surface area contributed by atoms with Crippen molar-refractivity contribution < 1.29 is 22.7 Å². The Labute approximate surface area is 125 Å². The predicted octanol–water partition coefficient (Wildman–Crippen LogP) is 3.45. The third-order valence-corrected chi connectivity index (χ3v) is 3.41. The number of hydrogen-bond acceptors (Lipinski definition) is 2. The zero-order chi connectivity index (χ0) is 15.8. The number of ether oxygens (including phenoxy) is 1. The van der Waals surface area contributed by atoms with Gasteiger partial charge in [0.15, 0.2) is 6.23 Å². The number of likely N-dealkylation sites (tertiary alicyclic amines) is 1. The zero-order valence-electron chi connectivity index (χ0n) is 11.4. The number of urea groups is 1. The summed E-state index contributed by atoms with van der Waals surface area (Å²) in [6, 6.07) is 2.67. The van der Waals surface area contributed by atoms with Crippen LogP contribution in [0.25, 0.3) is 0 Å². The molecule has 0 aromatic heterocycles. The molecule has 1 aromatic carbocycles. The number of nitrogens with zero attached hydrogens (tertiary/aromatic N) is 2. The molecule has 1 heterocycles. The highest BCUT2D eigenvalue weighted by atomic mass is 35.5. The molecule has 2 rings (SSSR count). The number of carbonyl (C=O) groups excluding carboxylic acids is 1. The quantitative estimate of drug-likeness (QED) is 0.835. The minimum absolute atomic E-state index is 0.130. The molecule has 1 saturated heterocycles. The molecule has 0 aliphatic carbocycles. The lowest BCUT2D eigenvalue weighted by Crippen LogP contribution is -2.57. The lowest BCUT2D eigenvalue weighted by Gasteiger charge is -2.41. The van der Waals surface area contributed by atoms with E-state index in [-0.39, 0.29) is 16.8 Å². The maximum Gasteiger partial charge on any atom is 0.416 e. The molecule has 2 amide bonds. The molecule has 0 spiro atoms. The van der Waals surface area contributed by atoms with E-state index >= 15 is 0 Å². The van der Waals surface area contributed by atoms with Crippen LogP contribution >= 0.6 is 11.6 Å². The van der Waals surface area contributed by atoms with E-state index in [9.17, 15) is 18.0 Å². The minimum atomic E-state index is -4.45. The normalized spacial score (nSPS) is 18.2. The first-order chi connectivity index (χ1) is 9.70. The van der Waals surface area contributed by atoms with Crippen molar-refractivity contribution in [3.63, 3.8) is 0 Å². The maximum atomic E-state index is 12.5. The summed E-state index contributed by atoms with van der Waals surface area (Å²) in [6.45, 7) is 0.542. The molecule has 0 N–H and O–H groups in total. The fraction of sp³-hybridized carbons (Fsp3) is 0.462. The summed E-state index contributed by atoms with van der Waals surface area (Å²) in [6.07, 6.45) is -4.35. The Morgan fingerprint density at radius 2 is 2.10 bits per heavy atom. The Bertz CT molecular complexity index is 549. The first-order valence-electron chi connectivity index (χ1n) is 6.21. The number of halogens is 4. The predicted molar refractivity (Wildman–Crippen MR) is 71.3 cm³/mol. The van der Waals surface area contributed by atoms with Crippen LogP contribution in [0, 0.1) is 0 Å². The fourth-order valence-electron chi connectivity index (χ4n) is 1.88. The molecule has 4 nitrogen and oxygen atoms in total. The van der Waals surface area contributed by atoms with Crippen molar-refractivity contribution in [1.29, 1.82) is 0 Å². The van der Waals surface area contributed by atoms with Gasteiger partial charge in [-0.1, -0.05) is 11.6 Å². The van der Waals surface area contributed by atoms with Gasteiger partial charge in [-0.15, -0.1) is 0 Å². The van der Waals surface area contributed by atoms with Crippen LogP contribution in [-0.4, -0.2) is 42.7 Å². The third kappa shape index (κ3) is 3.34. The van der Waals surface area contributed by atoms with Gasteiger partial charge >= 0.3 is 12.2 Å². The van der Waals surface area contributed by atoms with Gasteiger partial charge in [-0.2, -0.15) is 13.2 Å². The monoisotopic (exact) mass is 322 g/mol. The average Bonchev–Trinajstić information content (AvgIpc) is 2.34. The zero-order valence-corrected chi connectivity index (χ0v) is 12.2. The molecule has 1 fully saturated rings. The molecular formula is C13H14ClF3N2O2. The molecule has 1 aliphatic heterocycles. The van der Waals surface area contributed by atoms with E-state index in [0.29, 0.717) is 13.0 Å². The van der Waals surface area contributed by atoms with E-state index in [1.807, 2.05) is 0 Å². The fourth-order valence-corrected chi connectivity index (χ4v) is 2.11. The van der Waals surface area contributed by atoms with Gasteiger partial charge in [-0.05, 0) is 18.2 Å². The van der Waals surface area contributed by atoms with Crippen molar-refractivity contribution in [2.45, 2.75) is 18.8 Å². The largest absolute Gasteiger partial charge is 0.469 e. The first kappa shape index (κ1) is 15.8. The number of alkyl halides is 3. The van der Waals surface area contributed by atoms with Crippen molar-refractivity contribution in [2.75, 3.05) is 20.6 Å². The second kappa shape index (κ2) is 5.63. The van der Waals surface area contributed by atoms with Gasteiger partial charge in [0, 0.05) is 27.1 Å². The highest BCUT2D eigenvalue weighted by molar-refractivity contribution is 6.32. The van der Waals surface area contributed by atoms with E-state index in [1.54, 1.807) is 14.1 Å². The van der Waals surface area contributed by atoms with Crippen LogP contribution in [0.4, 0.5) is 18.0 Å². The Balaban J connectivity index is 2.09. The summed E-state index contributed by atoms with van der Waals surface area (Å²) in [5.41, 5.74) is -0.838. The molecule has 21 heavy (non-hydrogen) atoms. The van der Waals surface area contributed by atoms with E-state index in [4.69, 9.17) is 16.3 Å². The molecule has 0 radical (unpaired) electrons. The minimum Gasteiger partial charge on any atom is -0.469 e. The van der Waals surface area contributed by atoms with Gasteiger partial charge in [0.05, 0.1) is 10.6 Å². The van der Waals surface area contributed by atoms with Crippen LogP contribution in [0.1, 0.15) is 12.0 Å². The highest BCUT2D eigenvalue weighted by Crippen LogP contribution is 2.36. The SMILES string of the molecule is CN(C)C(=O)N1CCC1Oc1ccc(C(F)(F)F)cc1Cl. The number of amides is 2. The summed E-state index contributed by atoms with van der Waals surface area (Å²) in [4.78, 5) is 14.7. The Morgan fingerprint density at radius 3 is 2.52 bits per heavy atom. The molecule has 116 valence electrons. The van der Waals surface area contributed by atoms with Gasteiger partial charge in [-0.25, -0.2) is 4.79 Å². The van der Waals surface area contributed by atoms with Gasteiger partial charge in [0.25, 0.3) is 0 Å². The van der Waals surface area contributed by atoms with Crippen molar-refractivity contribution in [1.82, 2.24) is 9.80 Å². The van der Waals surface area contributed by atoms with Gasteiger partial charge in [-0.3, -0.25) is 4.90 Å². The Hall–Kier alpha value is -1.63. The number of carbonyl (C=O) groups is 1. The number of hydrogen-bond donors (Lipinski definition) is 0. The first-order valence-corrected chi connectivity index (χ1v) is 6.59. The third-order valence-electron chi connectivity index (χ3n) is 3.12. The van der Waals surface area contributed by atoms with Crippen molar-refractivity contribution in [2.24, 2.45) is 0 Å². The average molecular weight is 323 g/mol. The topological polar surface area (TPSA) is 32.8 Å².